The number of benzene rings is 1. The topological polar surface area (TPSA) is 60.2 Å². The maximum atomic E-state index is 12.0. The first-order valence-corrected chi connectivity index (χ1v) is 7.45. The van der Waals surface area contributed by atoms with Crippen molar-refractivity contribution in [1.29, 1.82) is 0 Å². The molecule has 0 aliphatic carbocycles. The van der Waals surface area contributed by atoms with Gasteiger partial charge in [-0.3, -0.25) is 0 Å². The standard InChI is InChI=1S/C15H17BrN2O3/c1-10(2)13-8-15(3,21-18-13)14(19)20-17-9-11-5-4-6-12(16)7-11/h4-7,9-10H,8H2,1-3H3/b17-9+. The second kappa shape index (κ2) is 6.39. The molecule has 6 heteroatoms. The molecule has 1 aliphatic heterocycles. The van der Waals surface area contributed by atoms with Gasteiger partial charge >= 0.3 is 5.97 Å². The van der Waals surface area contributed by atoms with Crippen molar-refractivity contribution >= 4 is 33.8 Å². The Labute approximate surface area is 132 Å². The third kappa shape index (κ3) is 3.91. The third-order valence-corrected chi connectivity index (χ3v) is 3.66. The van der Waals surface area contributed by atoms with E-state index >= 15 is 0 Å². The quantitative estimate of drug-likeness (QED) is 0.473. The van der Waals surface area contributed by atoms with Crippen LogP contribution in [0.3, 0.4) is 0 Å². The van der Waals surface area contributed by atoms with Crippen molar-refractivity contribution in [2.75, 3.05) is 0 Å². The second-order valence-corrected chi connectivity index (χ2v) is 6.32. The first-order valence-electron chi connectivity index (χ1n) is 6.66. The summed E-state index contributed by atoms with van der Waals surface area (Å²) in [5.41, 5.74) is 0.591. The Morgan fingerprint density at radius 3 is 2.95 bits per heavy atom. The summed E-state index contributed by atoms with van der Waals surface area (Å²) in [6, 6.07) is 7.50. The van der Waals surface area contributed by atoms with E-state index in [0.717, 1.165) is 15.7 Å². The smallest absolute Gasteiger partial charge is 0.377 e. The average Bonchev–Trinajstić information content (AvgIpc) is 2.83. The number of hydrogen-bond acceptors (Lipinski definition) is 5. The number of rotatable bonds is 4. The van der Waals surface area contributed by atoms with Crippen LogP contribution < -0.4 is 0 Å². The average molecular weight is 353 g/mol. The normalized spacial score (nSPS) is 21.5. The summed E-state index contributed by atoms with van der Waals surface area (Å²) in [4.78, 5) is 22.2. The van der Waals surface area contributed by atoms with Crippen LogP contribution >= 0.6 is 15.9 Å². The fourth-order valence-corrected chi connectivity index (χ4v) is 2.22. The molecule has 5 nitrogen and oxygen atoms in total. The van der Waals surface area contributed by atoms with Crippen LogP contribution in [-0.4, -0.2) is 23.5 Å². The van der Waals surface area contributed by atoms with E-state index < -0.39 is 11.6 Å². The molecule has 1 aliphatic rings. The van der Waals surface area contributed by atoms with Crippen molar-refractivity contribution in [3.05, 3.63) is 34.3 Å². The largest absolute Gasteiger partial charge is 0.381 e. The zero-order chi connectivity index (χ0) is 15.5. The van der Waals surface area contributed by atoms with Gasteiger partial charge in [0.05, 0.1) is 11.9 Å². The Bertz CT molecular complexity index is 598. The Balaban J connectivity index is 1.94. The lowest BCUT2D eigenvalue weighted by Gasteiger charge is -2.17. The fourth-order valence-electron chi connectivity index (χ4n) is 1.81. The molecule has 1 unspecified atom stereocenters. The van der Waals surface area contributed by atoms with Crippen molar-refractivity contribution in [2.45, 2.75) is 32.8 Å². The maximum absolute atomic E-state index is 12.0. The van der Waals surface area contributed by atoms with E-state index in [9.17, 15) is 4.79 Å². The third-order valence-electron chi connectivity index (χ3n) is 3.17. The van der Waals surface area contributed by atoms with Crippen LogP contribution in [0.5, 0.6) is 0 Å². The van der Waals surface area contributed by atoms with Gasteiger partial charge in [0.2, 0.25) is 5.60 Å². The van der Waals surface area contributed by atoms with Gasteiger partial charge in [0, 0.05) is 10.9 Å². The maximum Gasteiger partial charge on any atom is 0.381 e. The minimum atomic E-state index is -1.09. The van der Waals surface area contributed by atoms with Crippen LogP contribution in [0, 0.1) is 5.92 Å². The molecular formula is C15H17BrN2O3. The predicted molar refractivity (Wildman–Crippen MR) is 84.2 cm³/mol. The van der Waals surface area contributed by atoms with Crippen LogP contribution in [0.4, 0.5) is 0 Å². The lowest BCUT2D eigenvalue weighted by atomic mass is 9.94. The lowest BCUT2D eigenvalue weighted by molar-refractivity contribution is -0.167. The molecular weight excluding hydrogens is 336 g/mol. The first-order chi connectivity index (χ1) is 9.90. The molecule has 0 bridgehead atoms. The highest BCUT2D eigenvalue weighted by Gasteiger charge is 2.44. The number of hydrogen-bond donors (Lipinski definition) is 0. The van der Waals surface area contributed by atoms with Crippen molar-refractivity contribution in [3.8, 4) is 0 Å². The Kier molecular flexibility index (Phi) is 4.77. The minimum Gasteiger partial charge on any atom is -0.377 e. The summed E-state index contributed by atoms with van der Waals surface area (Å²) in [5.74, 6) is -0.307. The molecule has 1 aromatic rings. The fraction of sp³-hybridized carbons (Fsp3) is 0.400. The Hall–Kier alpha value is -1.69. The van der Waals surface area contributed by atoms with E-state index in [-0.39, 0.29) is 5.92 Å². The van der Waals surface area contributed by atoms with Crippen molar-refractivity contribution < 1.29 is 14.5 Å². The molecule has 0 spiro atoms. The van der Waals surface area contributed by atoms with Gasteiger partial charge < -0.3 is 9.68 Å². The molecule has 0 aromatic heterocycles. The molecule has 0 radical (unpaired) electrons. The molecule has 1 aromatic carbocycles. The van der Waals surface area contributed by atoms with Crippen molar-refractivity contribution in [3.63, 3.8) is 0 Å². The number of carbonyl (C=O) groups excluding carboxylic acids is 1. The molecule has 0 N–H and O–H groups in total. The van der Waals surface area contributed by atoms with Crippen LogP contribution in [-0.2, 0) is 14.5 Å². The molecule has 2 rings (SSSR count). The number of oxime groups is 2. The van der Waals surface area contributed by atoms with Crippen molar-refractivity contribution in [1.82, 2.24) is 0 Å². The second-order valence-electron chi connectivity index (χ2n) is 5.40. The zero-order valence-electron chi connectivity index (χ0n) is 12.2. The predicted octanol–water partition coefficient (Wildman–Crippen LogP) is 3.52. The van der Waals surface area contributed by atoms with E-state index in [2.05, 4.69) is 26.2 Å². The van der Waals surface area contributed by atoms with E-state index in [1.165, 1.54) is 6.21 Å². The van der Waals surface area contributed by atoms with E-state index in [1.54, 1.807) is 6.92 Å². The van der Waals surface area contributed by atoms with E-state index in [4.69, 9.17) is 9.68 Å². The Morgan fingerprint density at radius 1 is 1.57 bits per heavy atom. The molecule has 1 heterocycles. The van der Waals surface area contributed by atoms with Crippen LogP contribution in [0.2, 0.25) is 0 Å². The highest BCUT2D eigenvalue weighted by molar-refractivity contribution is 9.10. The molecule has 0 fully saturated rings. The number of nitrogens with zero attached hydrogens (tertiary/aromatic N) is 2. The summed E-state index contributed by atoms with van der Waals surface area (Å²) < 4.78 is 0.929. The summed E-state index contributed by atoms with van der Waals surface area (Å²) in [5, 5.41) is 7.66. The summed E-state index contributed by atoms with van der Waals surface area (Å²) in [6.45, 7) is 5.66. The molecule has 21 heavy (non-hydrogen) atoms. The SMILES string of the molecule is CC(C)C1=NOC(C)(C(=O)O/N=C/c2cccc(Br)c2)C1. The van der Waals surface area contributed by atoms with Gasteiger partial charge in [-0.2, -0.15) is 0 Å². The van der Waals surface area contributed by atoms with Crippen LogP contribution in [0.15, 0.2) is 39.0 Å². The van der Waals surface area contributed by atoms with Crippen LogP contribution in [0.25, 0.3) is 0 Å². The van der Waals surface area contributed by atoms with Gasteiger partial charge in [0.15, 0.2) is 0 Å². The van der Waals surface area contributed by atoms with E-state index in [1.807, 2.05) is 38.1 Å². The van der Waals surface area contributed by atoms with Gasteiger partial charge in [-0.25, -0.2) is 4.79 Å². The van der Waals surface area contributed by atoms with Crippen LogP contribution in [0.1, 0.15) is 32.8 Å². The minimum absolute atomic E-state index is 0.241. The summed E-state index contributed by atoms with van der Waals surface area (Å²) in [7, 11) is 0. The van der Waals surface area contributed by atoms with Crippen molar-refractivity contribution in [2.24, 2.45) is 16.2 Å². The lowest BCUT2D eigenvalue weighted by Crippen LogP contribution is -2.36. The number of carbonyl (C=O) groups is 1. The van der Waals surface area contributed by atoms with Gasteiger partial charge in [0.25, 0.3) is 0 Å². The summed E-state index contributed by atoms with van der Waals surface area (Å²) in [6.07, 6.45) is 1.90. The summed E-state index contributed by atoms with van der Waals surface area (Å²) >= 11 is 3.36. The molecule has 0 saturated heterocycles. The van der Waals surface area contributed by atoms with Gasteiger partial charge in [-0.15, -0.1) is 0 Å². The molecule has 1 atom stereocenters. The van der Waals surface area contributed by atoms with Gasteiger partial charge in [0.1, 0.15) is 0 Å². The Morgan fingerprint density at radius 2 is 2.33 bits per heavy atom. The van der Waals surface area contributed by atoms with Gasteiger partial charge in [-0.05, 0) is 30.5 Å². The highest BCUT2D eigenvalue weighted by atomic mass is 79.9. The zero-order valence-corrected chi connectivity index (χ0v) is 13.8. The highest BCUT2D eigenvalue weighted by Crippen LogP contribution is 2.27. The molecule has 0 saturated carbocycles. The van der Waals surface area contributed by atoms with E-state index in [0.29, 0.717) is 6.42 Å². The van der Waals surface area contributed by atoms with Gasteiger partial charge in [-0.1, -0.05) is 52.2 Å². The molecule has 0 amide bonds. The first kappa shape index (κ1) is 15.7. The molecule has 112 valence electrons. The monoisotopic (exact) mass is 352 g/mol. The number of halogens is 1.